The second-order valence-electron chi connectivity index (χ2n) is 5.18. The van der Waals surface area contributed by atoms with Crippen molar-refractivity contribution < 1.29 is 19.1 Å². The zero-order chi connectivity index (χ0) is 17.7. The zero-order valence-electron chi connectivity index (χ0n) is 13.2. The molecule has 6 heteroatoms. The Kier molecular flexibility index (Phi) is 5.71. The fourth-order valence-corrected chi connectivity index (χ4v) is 2.05. The van der Waals surface area contributed by atoms with Gasteiger partial charge in [0, 0.05) is 16.3 Å². The Morgan fingerprint density at radius 1 is 1.04 bits per heavy atom. The fourth-order valence-electron chi connectivity index (χ4n) is 1.93. The summed E-state index contributed by atoms with van der Waals surface area (Å²) in [6.45, 7) is 2.91. The van der Waals surface area contributed by atoms with Gasteiger partial charge in [-0.1, -0.05) is 23.7 Å². The first-order valence-electron chi connectivity index (χ1n) is 7.25. The fraction of sp³-hybridized carbons (Fsp3) is 0.167. The van der Waals surface area contributed by atoms with Gasteiger partial charge in [-0.15, -0.1) is 0 Å². The van der Waals surface area contributed by atoms with Gasteiger partial charge in [-0.3, -0.25) is 9.59 Å². The van der Waals surface area contributed by atoms with Crippen molar-refractivity contribution in [2.75, 3.05) is 5.32 Å². The molecule has 0 aliphatic heterocycles. The first kappa shape index (κ1) is 17.7. The van der Waals surface area contributed by atoms with Crippen LogP contribution >= 0.6 is 11.6 Å². The number of hydrogen-bond acceptors (Lipinski definition) is 4. The van der Waals surface area contributed by atoms with Gasteiger partial charge in [-0.05, 0) is 50.2 Å². The molecule has 0 unspecified atom stereocenters. The maximum absolute atomic E-state index is 12.1. The molecular formula is C18H16ClNO4. The molecule has 0 aliphatic rings. The summed E-state index contributed by atoms with van der Waals surface area (Å²) < 4.78 is 5.13. The summed E-state index contributed by atoms with van der Waals surface area (Å²) in [7, 11) is 0. The van der Waals surface area contributed by atoms with E-state index in [1.54, 1.807) is 36.4 Å². The Balaban J connectivity index is 1.99. The highest BCUT2D eigenvalue weighted by atomic mass is 35.5. The van der Waals surface area contributed by atoms with Gasteiger partial charge in [0.2, 0.25) is 0 Å². The number of hydrogen-bond donors (Lipinski definition) is 1. The van der Waals surface area contributed by atoms with Gasteiger partial charge in [0.1, 0.15) is 0 Å². The number of Topliss-reactive ketones (excluding diaryl/α,β-unsaturated/α-hetero) is 1. The number of benzene rings is 2. The largest absolute Gasteiger partial charge is 0.449 e. The summed E-state index contributed by atoms with van der Waals surface area (Å²) in [5.74, 6) is -1.21. The van der Waals surface area contributed by atoms with Crippen molar-refractivity contribution in [3.63, 3.8) is 0 Å². The minimum Gasteiger partial charge on any atom is -0.449 e. The monoisotopic (exact) mass is 345 g/mol. The van der Waals surface area contributed by atoms with Crippen LogP contribution in [0.25, 0.3) is 0 Å². The highest BCUT2D eigenvalue weighted by Crippen LogP contribution is 2.14. The number of nitrogens with one attached hydrogen (secondary N) is 1. The van der Waals surface area contributed by atoms with Gasteiger partial charge in [0.15, 0.2) is 11.9 Å². The first-order valence-corrected chi connectivity index (χ1v) is 7.63. The average molecular weight is 346 g/mol. The predicted molar refractivity (Wildman–Crippen MR) is 91.4 cm³/mol. The number of rotatable bonds is 5. The van der Waals surface area contributed by atoms with Crippen molar-refractivity contribution in [3.8, 4) is 0 Å². The molecule has 1 N–H and O–H groups in total. The summed E-state index contributed by atoms with van der Waals surface area (Å²) in [5, 5.41) is 3.12. The maximum atomic E-state index is 12.1. The molecule has 5 nitrogen and oxygen atoms in total. The number of carbonyl (C=O) groups excluding carboxylic acids is 3. The molecule has 1 atom stereocenters. The van der Waals surface area contributed by atoms with Crippen LogP contribution in [0.3, 0.4) is 0 Å². The standard InChI is InChI=1S/C18H16ClNO4/c1-11(21)14-4-3-5-16(10-14)20-17(22)12(2)24-18(23)13-6-8-15(19)9-7-13/h3-10,12H,1-2H3,(H,20,22)/t12-/m0/s1. The smallest absolute Gasteiger partial charge is 0.338 e. The second-order valence-corrected chi connectivity index (χ2v) is 5.62. The molecule has 124 valence electrons. The summed E-state index contributed by atoms with van der Waals surface area (Å²) >= 11 is 5.76. The summed E-state index contributed by atoms with van der Waals surface area (Å²) in [5.41, 5.74) is 1.25. The maximum Gasteiger partial charge on any atom is 0.338 e. The van der Waals surface area contributed by atoms with Crippen molar-refractivity contribution in [3.05, 3.63) is 64.7 Å². The molecule has 0 bridgehead atoms. The van der Waals surface area contributed by atoms with Crippen LogP contribution in [0.15, 0.2) is 48.5 Å². The first-order chi connectivity index (χ1) is 11.4. The van der Waals surface area contributed by atoms with E-state index < -0.39 is 18.0 Å². The Bertz CT molecular complexity index is 771. The second kappa shape index (κ2) is 7.75. The van der Waals surface area contributed by atoms with Crippen molar-refractivity contribution in [2.45, 2.75) is 20.0 Å². The molecule has 0 fully saturated rings. The molecule has 0 radical (unpaired) electrons. The van der Waals surface area contributed by atoms with Crippen LogP contribution in [0.1, 0.15) is 34.6 Å². The zero-order valence-corrected chi connectivity index (χ0v) is 14.0. The number of carbonyl (C=O) groups is 3. The lowest BCUT2D eigenvalue weighted by molar-refractivity contribution is -0.123. The Morgan fingerprint density at radius 2 is 1.71 bits per heavy atom. The van der Waals surface area contributed by atoms with Gasteiger partial charge in [0.05, 0.1) is 5.56 Å². The van der Waals surface area contributed by atoms with E-state index in [2.05, 4.69) is 5.32 Å². The van der Waals surface area contributed by atoms with E-state index >= 15 is 0 Å². The van der Waals surface area contributed by atoms with Gasteiger partial charge >= 0.3 is 5.97 Å². The Hall–Kier alpha value is -2.66. The van der Waals surface area contributed by atoms with Gasteiger partial charge in [-0.25, -0.2) is 4.79 Å². The molecule has 2 aromatic carbocycles. The lowest BCUT2D eigenvalue weighted by Gasteiger charge is -2.14. The van der Waals surface area contributed by atoms with E-state index in [0.717, 1.165) is 0 Å². The highest BCUT2D eigenvalue weighted by Gasteiger charge is 2.19. The van der Waals surface area contributed by atoms with Crippen LogP contribution in [-0.2, 0) is 9.53 Å². The number of ketones is 1. The van der Waals surface area contributed by atoms with Gasteiger partial charge < -0.3 is 10.1 Å². The van der Waals surface area contributed by atoms with Gasteiger partial charge in [-0.2, -0.15) is 0 Å². The highest BCUT2D eigenvalue weighted by molar-refractivity contribution is 6.30. The minimum absolute atomic E-state index is 0.103. The lowest BCUT2D eigenvalue weighted by Crippen LogP contribution is -2.30. The molecule has 24 heavy (non-hydrogen) atoms. The molecule has 0 spiro atoms. The average Bonchev–Trinajstić information content (AvgIpc) is 2.55. The number of ether oxygens (including phenoxy) is 1. The molecule has 0 saturated heterocycles. The van der Waals surface area contributed by atoms with Gasteiger partial charge in [0.25, 0.3) is 5.91 Å². The molecule has 1 amide bonds. The topological polar surface area (TPSA) is 72.5 Å². The van der Waals surface area contributed by atoms with Crippen molar-refractivity contribution >= 4 is 34.9 Å². The lowest BCUT2D eigenvalue weighted by atomic mass is 10.1. The molecule has 0 aliphatic carbocycles. The SMILES string of the molecule is CC(=O)c1cccc(NC(=O)[C@H](C)OC(=O)c2ccc(Cl)cc2)c1. The number of halogens is 1. The Labute approximate surface area is 144 Å². The minimum atomic E-state index is -0.992. The molecule has 2 aromatic rings. The third kappa shape index (κ3) is 4.67. The third-order valence-corrected chi connectivity index (χ3v) is 3.52. The van der Waals surface area contributed by atoms with Crippen LogP contribution in [0.2, 0.25) is 5.02 Å². The molecule has 0 heterocycles. The number of amides is 1. The Morgan fingerprint density at radius 3 is 2.33 bits per heavy atom. The van der Waals surface area contributed by atoms with E-state index in [0.29, 0.717) is 21.8 Å². The van der Waals surface area contributed by atoms with Crippen molar-refractivity contribution in [2.24, 2.45) is 0 Å². The summed E-state index contributed by atoms with van der Waals surface area (Å²) in [4.78, 5) is 35.4. The summed E-state index contributed by atoms with van der Waals surface area (Å²) in [6, 6.07) is 12.7. The molecule has 0 saturated carbocycles. The van der Waals surface area contributed by atoms with Crippen LogP contribution in [0, 0.1) is 0 Å². The van der Waals surface area contributed by atoms with E-state index in [1.807, 2.05) is 0 Å². The van der Waals surface area contributed by atoms with Crippen LogP contribution < -0.4 is 5.32 Å². The van der Waals surface area contributed by atoms with E-state index in [4.69, 9.17) is 16.3 Å². The normalized spacial score (nSPS) is 11.5. The quantitative estimate of drug-likeness (QED) is 0.662. The predicted octanol–water partition coefficient (Wildman–Crippen LogP) is 3.73. The van der Waals surface area contributed by atoms with Crippen LogP contribution in [-0.4, -0.2) is 23.8 Å². The summed E-state index contributed by atoms with van der Waals surface area (Å²) in [6.07, 6.45) is -0.992. The number of esters is 1. The van der Waals surface area contributed by atoms with Crippen LogP contribution in [0.4, 0.5) is 5.69 Å². The molecule has 0 aromatic heterocycles. The van der Waals surface area contributed by atoms with Crippen molar-refractivity contribution in [1.29, 1.82) is 0 Å². The van der Waals surface area contributed by atoms with E-state index in [9.17, 15) is 14.4 Å². The third-order valence-electron chi connectivity index (χ3n) is 3.27. The molecular weight excluding hydrogens is 330 g/mol. The van der Waals surface area contributed by atoms with E-state index in [-0.39, 0.29) is 5.78 Å². The van der Waals surface area contributed by atoms with E-state index in [1.165, 1.54) is 26.0 Å². The van der Waals surface area contributed by atoms with Crippen molar-refractivity contribution in [1.82, 2.24) is 0 Å². The molecule has 2 rings (SSSR count). The van der Waals surface area contributed by atoms with Crippen LogP contribution in [0.5, 0.6) is 0 Å². The number of anilines is 1.